The minimum atomic E-state index is -0.542. The Bertz CT molecular complexity index is 571. The van der Waals surface area contributed by atoms with Gasteiger partial charge in [-0.1, -0.05) is 24.3 Å². The Kier molecular flexibility index (Phi) is 6.81. The van der Waals surface area contributed by atoms with Gasteiger partial charge in [0.1, 0.15) is 5.60 Å². The summed E-state index contributed by atoms with van der Waals surface area (Å²) in [5.41, 5.74) is 1.68. The first-order valence-corrected chi connectivity index (χ1v) is 8.80. The van der Waals surface area contributed by atoms with Crippen LogP contribution in [0.2, 0.25) is 0 Å². The van der Waals surface area contributed by atoms with Crippen molar-refractivity contribution in [2.45, 2.75) is 39.0 Å². The average Bonchev–Trinajstić information content (AvgIpc) is 2.53. The van der Waals surface area contributed by atoms with E-state index in [9.17, 15) is 4.79 Å². The number of benzene rings is 1. The highest BCUT2D eigenvalue weighted by molar-refractivity contribution is 5.69. The van der Waals surface area contributed by atoms with Crippen molar-refractivity contribution in [2.24, 2.45) is 0 Å². The third kappa shape index (κ3) is 5.70. The highest BCUT2D eigenvalue weighted by Crippen LogP contribution is 2.31. The van der Waals surface area contributed by atoms with Crippen molar-refractivity contribution in [3.8, 4) is 0 Å². The lowest BCUT2D eigenvalue weighted by Gasteiger charge is -2.37. The molecule has 1 unspecified atom stereocenters. The van der Waals surface area contributed by atoms with E-state index in [4.69, 9.17) is 14.6 Å². The van der Waals surface area contributed by atoms with Crippen LogP contribution in [-0.2, 0) is 15.9 Å². The summed E-state index contributed by atoms with van der Waals surface area (Å²) < 4.78 is 11.6. The quantitative estimate of drug-likeness (QED) is 0.854. The number of rotatable bonds is 6. The molecule has 0 aliphatic carbocycles. The fourth-order valence-electron chi connectivity index (χ4n) is 2.82. The molecule has 0 saturated carbocycles. The molecule has 0 aromatic heterocycles. The van der Waals surface area contributed by atoms with Gasteiger partial charge < -0.3 is 19.5 Å². The van der Waals surface area contributed by atoms with Gasteiger partial charge in [0.05, 0.1) is 13.2 Å². The summed E-state index contributed by atoms with van der Waals surface area (Å²) in [4.78, 5) is 16.3. The Hall–Kier alpha value is -1.63. The third-order valence-electron chi connectivity index (χ3n) is 4.08. The normalized spacial score (nSPS) is 17.5. The van der Waals surface area contributed by atoms with E-state index in [-0.39, 0.29) is 12.7 Å². The number of hydrogen-bond donors (Lipinski definition) is 1. The molecule has 6 nitrogen and oxygen atoms in total. The van der Waals surface area contributed by atoms with Crippen molar-refractivity contribution in [1.82, 2.24) is 9.80 Å². The van der Waals surface area contributed by atoms with Crippen molar-refractivity contribution in [2.75, 3.05) is 39.9 Å². The Labute approximate surface area is 150 Å². The van der Waals surface area contributed by atoms with Gasteiger partial charge in [-0.05, 0) is 39.8 Å². The molecule has 0 fully saturated rings. The minimum absolute atomic E-state index is 0.118. The van der Waals surface area contributed by atoms with E-state index in [0.29, 0.717) is 26.2 Å². The number of hydrogen-bond acceptors (Lipinski definition) is 5. The first-order chi connectivity index (χ1) is 11.8. The molecule has 1 aromatic rings. The molecule has 2 rings (SSSR count). The largest absolute Gasteiger partial charge is 0.444 e. The number of ether oxygens (including phenoxy) is 2. The van der Waals surface area contributed by atoms with Crippen molar-refractivity contribution >= 4 is 6.09 Å². The van der Waals surface area contributed by atoms with Crippen LogP contribution < -0.4 is 0 Å². The molecular weight excluding hydrogens is 320 g/mol. The van der Waals surface area contributed by atoms with Crippen LogP contribution in [-0.4, -0.2) is 66.5 Å². The number of carbonyl (C=O) groups excluding carboxylic acids is 1. The molecule has 0 bridgehead atoms. The number of fused-ring (bicyclic) bond motifs is 1. The summed E-state index contributed by atoms with van der Waals surface area (Å²) in [6.07, 6.45) is -0.00212. The van der Waals surface area contributed by atoms with E-state index in [1.165, 1.54) is 5.56 Å². The van der Waals surface area contributed by atoms with Gasteiger partial charge in [-0.15, -0.1) is 0 Å². The first kappa shape index (κ1) is 19.7. The zero-order valence-electron chi connectivity index (χ0n) is 15.7. The monoisotopic (exact) mass is 350 g/mol. The van der Waals surface area contributed by atoms with Crippen LogP contribution in [0.15, 0.2) is 24.3 Å². The van der Waals surface area contributed by atoms with Gasteiger partial charge in [0.25, 0.3) is 0 Å². The standard InChI is InChI=1S/C19H30N2O4/c1-19(2,3)25-18(23)21-10-9-15-7-5-6-8-16(15)17(21)24-14-12-20(4)11-13-22/h5-8,17,22H,9-14H2,1-4H3. The predicted octanol–water partition coefficient (Wildman–Crippen LogP) is 2.42. The second-order valence-corrected chi connectivity index (χ2v) is 7.37. The van der Waals surface area contributed by atoms with Crippen molar-refractivity contribution in [1.29, 1.82) is 0 Å². The zero-order valence-corrected chi connectivity index (χ0v) is 15.7. The molecule has 0 radical (unpaired) electrons. The van der Waals surface area contributed by atoms with Gasteiger partial charge in [-0.25, -0.2) is 4.79 Å². The Morgan fingerprint density at radius 3 is 2.72 bits per heavy atom. The van der Waals surface area contributed by atoms with E-state index in [1.807, 2.05) is 50.9 Å². The molecule has 140 valence electrons. The molecule has 0 saturated heterocycles. The maximum Gasteiger partial charge on any atom is 0.412 e. The fourth-order valence-corrected chi connectivity index (χ4v) is 2.82. The summed E-state index contributed by atoms with van der Waals surface area (Å²) in [6.45, 7) is 8.03. The predicted molar refractivity (Wildman–Crippen MR) is 96.4 cm³/mol. The summed E-state index contributed by atoms with van der Waals surface area (Å²) in [5, 5.41) is 8.99. The minimum Gasteiger partial charge on any atom is -0.444 e. The number of aliphatic hydroxyl groups excluding tert-OH is 1. The van der Waals surface area contributed by atoms with E-state index < -0.39 is 11.8 Å². The summed E-state index contributed by atoms with van der Waals surface area (Å²) in [7, 11) is 1.93. The number of amides is 1. The molecular formula is C19H30N2O4. The number of carbonyl (C=O) groups is 1. The van der Waals surface area contributed by atoms with Crippen molar-refractivity contribution in [3.05, 3.63) is 35.4 Å². The van der Waals surface area contributed by atoms with Crippen LogP contribution in [0.1, 0.15) is 38.1 Å². The van der Waals surface area contributed by atoms with Crippen LogP contribution in [0, 0.1) is 0 Å². The molecule has 1 aromatic carbocycles. The molecule has 1 atom stereocenters. The topological polar surface area (TPSA) is 62.2 Å². The maximum absolute atomic E-state index is 12.6. The zero-order chi connectivity index (χ0) is 18.4. The Morgan fingerprint density at radius 1 is 1.32 bits per heavy atom. The van der Waals surface area contributed by atoms with Gasteiger partial charge >= 0.3 is 6.09 Å². The lowest BCUT2D eigenvalue weighted by molar-refractivity contribution is -0.0777. The summed E-state index contributed by atoms with van der Waals surface area (Å²) >= 11 is 0. The molecule has 0 spiro atoms. The highest BCUT2D eigenvalue weighted by atomic mass is 16.6. The number of aliphatic hydroxyl groups is 1. The Morgan fingerprint density at radius 2 is 2.04 bits per heavy atom. The lowest BCUT2D eigenvalue weighted by atomic mass is 9.98. The number of likely N-dealkylation sites (N-methyl/N-ethyl adjacent to an activating group) is 1. The first-order valence-electron chi connectivity index (χ1n) is 8.80. The highest BCUT2D eigenvalue weighted by Gasteiger charge is 2.34. The molecule has 1 aliphatic rings. The average molecular weight is 350 g/mol. The molecule has 1 amide bonds. The lowest BCUT2D eigenvalue weighted by Crippen LogP contribution is -2.44. The maximum atomic E-state index is 12.6. The summed E-state index contributed by atoms with van der Waals surface area (Å²) in [6, 6.07) is 8.06. The van der Waals surface area contributed by atoms with Gasteiger partial charge in [-0.3, -0.25) is 4.90 Å². The summed E-state index contributed by atoms with van der Waals surface area (Å²) in [5.74, 6) is 0. The second-order valence-electron chi connectivity index (χ2n) is 7.37. The van der Waals surface area contributed by atoms with E-state index in [2.05, 4.69) is 6.07 Å². The van der Waals surface area contributed by atoms with Crippen LogP contribution in [0.5, 0.6) is 0 Å². The van der Waals surface area contributed by atoms with Crippen LogP contribution in [0.3, 0.4) is 0 Å². The van der Waals surface area contributed by atoms with Crippen LogP contribution >= 0.6 is 0 Å². The second kappa shape index (κ2) is 8.65. The number of nitrogens with zero attached hydrogens (tertiary/aromatic N) is 2. The third-order valence-corrected chi connectivity index (χ3v) is 4.08. The Balaban J connectivity index is 2.11. The SMILES string of the molecule is CN(CCO)CCOC1c2ccccc2CCN1C(=O)OC(C)(C)C. The van der Waals surface area contributed by atoms with E-state index in [1.54, 1.807) is 4.90 Å². The fraction of sp³-hybridized carbons (Fsp3) is 0.632. The van der Waals surface area contributed by atoms with E-state index >= 15 is 0 Å². The molecule has 6 heteroatoms. The van der Waals surface area contributed by atoms with Crippen LogP contribution in [0.25, 0.3) is 0 Å². The smallest absolute Gasteiger partial charge is 0.412 e. The van der Waals surface area contributed by atoms with Gasteiger partial charge in [-0.2, -0.15) is 0 Å². The van der Waals surface area contributed by atoms with Crippen molar-refractivity contribution in [3.63, 3.8) is 0 Å². The molecule has 25 heavy (non-hydrogen) atoms. The van der Waals surface area contributed by atoms with E-state index in [0.717, 1.165) is 12.0 Å². The molecule has 1 N–H and O–H groups in total. The van der Waals surface area contributed by atoms with Gasteiger partial charge in [0.15, 0.2) is 6.23 Å². The van der Waals surface area contributed by atoms with Gasteiger partial charge in [0.2, 0.25) is 0 Å². The van der Waals surface area contributed by atoms with Crippen LogP contribution in [0.4, 0.5) is 4.79 Å². The van der Waals surface area contributed by atoms with Gasteiger partial charge in [0, 0.05) is 25.2 Å². The molecule has 1 aliphatic heterocycles. The molecule has 1 heterocycles. The van der Waals surface area contributed by atoms with Crippen molar-refractivity contribution < 1.29 is 19.4 Å².